The number of hydrogen-bond acceptors (Lipinski definition) is 8. The lowest BCUT2D eigenvalue weighted by Gasteiger charge is -2.10. The van der Waals surface area contributed by atoms with Gasteiger partial charge in [-0.3, -0.25) is 0 Å². The van der Waals surface area contributed by atoms with Crippen LogP contribution in [0.2, 0.25) is 0 Å². The third-order valence-electron chi connectivity index (χ3n) is 3.30. The highest BCUT2D eigenvalue weighted by molar-refractivity contribution is 7.09. The van der Waals surface area contributed by atoms with Crippen LogP contribution in [0, 0.1) is 13.8 Å². The van der Waals surface area contributed by atoms with Gasteiger partial charge in [0.05, 0.1) is 16.3 Å². The van der Waals surface area contributed by atoms with Crippen molar-refractivity contribution in [2.75, 3.05) is 0 Å². The first-order chi connectivity index (χ1) is 12.0. The van der Waals surface area contributed by atoms with Crippen molar-refractivity contribution in [3.05, 3.63) is 57.7 Å². The highest BCUT2D eigenvalue weighted by atomic mass is 32.1. The van der Waals surface area contributed by atoms with Crippen molar-refractivity contribution in [3.8, 4) is 5.75 Å². The van der Waals surface area contributed by atoms with Gasteiger partial charge in [0.1, 0.15) is 12.4 Å². The van der Waals surface area contributed by atoms with Gasteiger partial charge in [0, 0.05) is 12.3 Å². The van der Waals surface area contributed by atoms with Crippen molar-refractivity contribution >= 4 is 17.3 Å². The van der Waals surface area contributed by atoms with Gasteiger partial charge in [0.15, 0.2) is 6.10 Å². The molecule has 2 aromatic heterocycles. The summed E-state index contributed by atoms with van der Waals surface area (Å²) in [7, 11) is 0. The van der Waals surface area contributed by atoms with Crippen LogP contribution in [0.5, 0.6) is 5.75 Å². The zero-order valence-corrected chi connectivity index (χ0v) is 14.9. The monoisotopic (exact) mass is 359 g/mol. The molecule has 1 atom stereocenters. The summed E-state index contributed by atoms with van der Waals surface area (Å²) in [4.78, 5) is 16.6. The van der Waals surface area contributed by atoms with Crippen molar-refractivity contribution < 1.29 is 18.7 Å². The van der Waals surface area contributed by atoms with Gasteiger partial charge in [-0.2, -0.15) is 0 Å². The molecule has 3 aromatic rings. The number of rotatable bonds is 6. The van der Waals surface area contributed by atoms with Crippen LogP contribution in [0.1, 0.15) is 45.9 Å². The van der Waals surface area contributed by atoms with E-state index in [2.05, 4.69) is 15.2 Å². The lowest BCUT2D eigenvalue weighted by atomic mass is 10.2. The number of benzene rings is 1. The average Bonchev–Trinajstić information content (AvgIpc) is 3.21. The van der Waals surface area contributed by atoms with E-state index in [0.717, 1.165) is 10.7 Å². The molecule has 3 rings (SSSR count). The Kier molecular flexibility index (Phi) is 5.08. The highest BCUT2D eigenvalue weighted by Gasteiger charge is 2.19. The van der Waals surface area contributed by atoms with Gasteiger partial charge >= 0.3 is 5.97 Å². The largest absolute Gasteiger partial charge is 0.487 e. The molecule has 0 bridgehead atoms. The Bertz CT molecular complexity index is 874. The number of carbonyl (C=O) groups excluding carboxylic acids is 1. The lowest BCUT2D eigenvalue weighted by molar-refractivity contribution is 0.0276. The maximum atomic E-state index is 12.3. The van der Waals surface area contributed by atoms with Gasteiger partial charge in [0.2, 0.25) is 5.89 Å². The Morgan fingerprint density at radius 3 is 2.84 bits per heavy atom. The van der Waals surface area contributed by atoms with E-state index in [1.54, 1.807) is 49.4 Å². The van der Waals surface area contributed by atoms with Crippen molar-refractivity contribution in [2.45, 2.75) is 33.5 Å². The van der Waals surface area contributed by atoms with Crippen molar-refractivity contribution in [1.29, 1.82) is 0 Å². The number of ether oxygens (including phenoxy) is 2. The molecule has 25 heavy (non-hydrogen) atoms. The molecule has 0 aliphatic heterocycles. The number of esters is 1. The second kappa shape index (κ2) is 7.43. The van der Waals surface area contributed by atoms with Gasteiger partial charge in [0.25, 0.3) is 5.89 Å². The number of aromatic nitrogens is 3. The number of carbonyl (C=O) groups is 1. The van der Waals surface area contributed by atoms with Crippen LogP contribution in [0.4, 0.5) is 0 Å². The molecule has 7 nitrogen and oxygen atoms in total. The quantitative estimate of drug-likeness (QED) is 0.621. The van der Waals surface area contributed by atoms with Gasteiger partial charge < -0.3 is 13.9 Å². The Hall–Kier alpha value is -2.74. The molecule has 1 unspecified atom stereocenters. The third-order valence-corrected chi connectivity index (χ3v) is 4.12. The van der Waals surface area contributed by atoms with Crippen LogP contribution in [-0.4, -0.2) is 21.2 Å². The fourth-order valence-corrected chi connectivity index (χ4v) is 2.70. The van der Waals surface area contributed by atoms with Crippen molar-refractivity contribution in [3.63, 3.8) is 0 Å². The van der Waals surface area contributed by atoms with Gasteiger partial charge in [-0.15, -0.1) is 21.5 Å². The molecule has 0 saturated heterocycles. The highest BCUT2D eigenvalue weighted by Crippen LogP contribution is 2.20. The minimum Gasteiger partial charge on any atom is -0.487 e. The number of aryl methyl sites for hydroxylation is 2. The fraction of sp³-hybridized carbons (Fsp3) is 0.294. The molecule has 0 spiro atoms. The zero-order chi connectivity index (χ0) is 17.8. The Morgan fingerprint density at radius 1 is 1.32 bits per heavy atom. The number of thiazole rings is 1. The Labute approximate surface area is 148 Å². The minimum absolute atomic E-state index is 0.261. The summed E-state index contributed by atoms with van der Waals surface area (Å²) >= 11 is 1.57. The topological polar surface area (TPSA) is 87.3 Å². The first-order valence-corrected chi connectivity index (χ1v) is 8.54. The zero-order valence-electron chi connectivity index (χ0n) is 14.1. The van der Waals surface area contributed by atoms with Gasteiger partial charge in [-0.25, -0.2) is 9.78 Å². The van der Waals surface area contributed by atoms with E-state index in [4.69, 9.17) is 13.9 Å². The molecule has 0 fully saturated rings. The van der Waals surface area contributed by atoms with Crippen LogP contribution in [-0.2, 0) is 11.3 Å². The molecule has 8 heteroatoms. The summed E-state index contributed by atoms with van der Waals surface area (Å²) < 4.78 is 16.3. The van der Waals surface area contributed by atoms with Gasteiger partial charge in [-0.1, -0.05) is 6.07 Å². The third kappa shape index (κ3) is 4.42. The first-order valence-electron chi connectivity index (χ1n) is 7.66. The van der Waals surface area contributed by atoms with Crippen LogP contribution in [0.3, 0.4) is 0 Å². The summed E-state index contributed by atoms with van der Waals surface area (Å²) in [6.07, 6.45) is -0.628. The number of nitrogens with zero attached hydrogens (tertiary/aromatic N) is 3. The molecule has 0 N–H and O–H groups in total. The minimum atomic E-state index is -0.628. The summed E-state index contributed by atoms with van der Waals surface area (Å²) in [6.45, 7) is 5.64. The molecule has 0 radical (unpaired) electrons. The van der Waals surface area contributed by atoms with Crippen molar-refractivity contribution in [1.82, 2.24) is 15.2 Å². The van der Waals surface area contributed by atoms with E-state index >= 15 is 0 Å². The smallest absolute Gasteiger partial charge is 0.339 e. The van der Waals surface area contributed by atoms with Crippen molar-refractivity contribution in [2.24, 2.45) is 0 Å². The molecule has 0 aliphatic carbocycles. The lowest BCUT2D eigenvalue weighted by Crippen LogP contribution is -2.10. The summed E-state index contributed by atoms with van der Waals surface area (Å²) in [6, 6.07) is 6.81. The molecule has 0 aliphatic rings. The molecule has 2 heterocycles. The fourth-order valence-electron chi connectivity index (χ4n) is 2.10. The van der Waals surface area contributed by atoms with Crippen LogP contribution in [0.15, 0.2) is 34.1 Å². The molecular weight excluding hydrogens is 342 g/mol. The predicted octanol–water partition coefficient (Wildman–Crippen LogP) is 3.64. The van der Waals surface area contributed by atoms with Gasteiger partial charge in [-0.05, 0) is 32.0 Å². The summed E-state index contributed by atoms with van der Waals surface area (Å²) in [5.74, 6) is 0.766. The van der Waals surface area contributed by atoms with E-state index in [1.807, 2.05) is 12.3 Å². The molecule has 0 amide bonds. The van der Waals surface area contributed by atoms with E-state index in [0.29, 0.717) is 23.8 Å². The normalized spacial score (nSPS) is 12.0. The van der Waals surface area contributed by atoms with E-state index in [9.17, 15) is 4.79 Å². The van der Waals surface area contributed by atoms with E-state index in [-0.39, 0.29) is 5.89 Å². The van der Waals surface area contributed by atoms with E-state index in [1.165, 1.54) is 0 Å². The maximum absolute atomic E-state index is 12.3. The molecule has 130 valence electrons. The second-order valence-corrected chi connectivity index (χ2v) is 6.44. The van der Waals surface area contributed by atoms with Crippen LogP contribution < -0.4 is 4.74 Å². The Morgan fingerprint density at radius 2 is 2.16 bits per heavy atom. The molecule has 0 saturated carbocycles. The Balaban J connectivity index is 1.62. The van der Waals surface area contributed by atoms with Crippen LogP contribution >= 0.6 is 11.3 Å². The molecule has 1 aromatic carbocycles. The van der Waals surface area contributed by atoms with E-state index < -0.39 is 12.1 Å². The van der Waals surface area contributed by atoms with Crippen LogP contribution in [0.25, 0.3) is 0 Å². The summed E-state index contributed by atoms with van der Waals surface area (Å²) in [5.41, 5.74) is 1.24. The predicted molar refractivity (Wildman–Crippen MR) is 90.5 cm³/mol. The maximum Gasteiger partial charge on any atom is 0.339 e. The second-order valence-electron chi connectivity index (χ2n) is 5.38. The summed E-state index contributed by atoms with van der Waals surface area (Å²) in [5, 5.41) is 10.5. The average molecular weight is 359 g/mol. The standard InChI is InChI=1S/C17H17N3O4S/c1-10(16-20-19-11(2)24-16)23-17(21)13-5-4-6-15(7-13)22-8-14-9-25-12(3)18-14/h4-7,9-10H,8H2,1-3H3. The molecular formula is C17H17N3O4S. The SMILES string of the molecule is Cc1nnc(C(C)OC(=O)c2cccc(OCc3csc(C)n3)c2)o1. The first kappa shape index (κ1) is 17.1. The number of hydrogen-bond donors (Lipinski definition) is 0.